The van der Waals surface area contributed by atoms with Gasteiger partial charge in [0.25, 0.3) is 0 Å². The number of ether oxygens (including phenoxy) is 1. The summed E-state index contributed by atoms with van der Waals surface area (Å²) in [4.78, 5) is 6.28. The number of aromatic nitrogens is 1. The normalized spacial score (nSPS) is 16.1. The molecule has 1 aliphatic heterocycles. The average molecular weight is 224 g/mol. The molecule has 0 aromatic carbocycles. The molecular formula is C10H10ClN3O. The Labute approximate surface area is 93.0 Å². The van der Waals surface area contributed by atoms with Crippen LogP contribution in [0.4, 0.5) is 5.82 Å². The van der Waals surface area contributed by atoms with E-state index in [1.165, 1.54) is 0 Å². The topological polar surface area (TPSA) is 49.2 Å². The van der Waals surface area contributed by atoms with Crippen molar-refractivity contribution in [3.05, 3.63) is 22.8 Å². The zero-order valence-corrected chi connectivity index (χ0v) is 8.87. The van der Waals surface area contributed by atoms with Crippen molar-refractivity contribution in [3.8, 4) is 6.07 Å². The van der Waals surface area contributed by atoms with Crippen LogP contribution in [-0.4, -0.2) is 31.3 Å². The highest BCUT2D eigenvalue weighted by molar-refractivity contribution is 6.31. The minimum Gasteiger partial charge on any atom is -0.378 e. The Balaban J connectivity index is 2.25. The molecule has 15 heavy (non-hydrogen) atoms. The van der Waals surface area contributed by atoms with Crippen LogP contribution in [0.25, 0.3) is 0 Å². The second kappa shape index (κ2) is 4.47. The molecule has 0 amide bonds. The lowest BCUT2D eigenvalue weighted by atomic mass is 10.3. The van der Waals surface area contributed by atoms with Crippen LogP contribution in [0.5, 0.6) is 0 Å². The maximum atomic E-state index is 8.80. The molecule has 0 bridgehead atoms. The summed E-state index contributed by atoms with van der Waals surface area (Å²) in [5, 5.41) is 9.20. The van der Waals surface area contributed by atoms with Crippen molar-refractivity contribution in [3.63, 3.8) is 0 Å². The van der Waals surface area contributed by atoms with Crippen molar-refractivity contribution in [1.29, 1.82) is 5.26 Å². The Morgan fingerprint density at radius 3 is 2.80 bits per heavy atom. The molecule has 0 radical (unpaired) electrons. The predicted octanol–water partition coefficient (Wildman–Crippen LogP) is 1.44. The summed E-state index contributed by atoms with van der Waals surface area (Å²) in [6.07, 6.45) is 0. The number of nitrogens with zero attached hydrogens (tertiary/aromatic N) is 3. The van der Waals surface area contributed by atoms with Crippen molar-refractivity contribution in [1.82, 2.24) is 4.98 Å². The lowest BCUT2D eigenvalue weighted by Crippen LogP contribution is -2.36. The fourth-order valence-corrected chi connectivity index (χ4v) is 1.63. The zero-order valence-electron chi connectivity index (χ0n) is 8.11. The predicted molar refractivity (Wildman–Crippen MR) is 57.0 cm³/mol. The highest BCUT2D eigenvalue weighted by Crippen LogP contribution is 2.19. The number of hydrogen-bond acceptors (Lipinski definition) is 4. The van der Waals surface area contributed by atoms with Crippen molar-refractivity contribution < 1.29 is 4.74 Å². The fraction of sp³-hybridized carbons (Fsp3) is 0.400. The van der Waals surface area contributed by atoms with E-state index in [1.807, 2.05) is 12.1 Å². The molecule has 0 atom stereocenters. The summed E-state index contributed by atoms with van der Waals surface area (Å²) in [7, 11) is 0. The van der Waals surface area contributed by atoms with Gasteiger partial charge >= 0.3 is 0 Å². The monoisotopic (exact) mass is 223 g/mol. The maximum Gasteiger partial charge on any atom is 0.161 e. The first-order chi connectivity index (χ1) is 7.31. The van der Waals surface area contributed by atoms with Gasteiger partial charge in [0.2, 0.25) is 0 Å². The first-order valence-electron chi connectivity index (χ1n) is 4.70. The zero-order chi connectivity index (χ0) is 10.7. The van der Waals surface area contributed by atoms with Crippen molar-refractivity contribution in [2.75, 3.05) is 31.2 Å². The van der Waals surface area contributed by atoms with Crippen LogP contribution in [0.2, 0.25) is 5.02 Å². The highest BCUT2D eigenvalue weighted by atomic mass is 35.5. The van der Waals surface area contributed by atoms with Gasteiger partial charge in [-0.1, -0.05) is 11.6 Å². The Bertz CT molecular complexity index is 396. The quantitative estimate of drug-likeness (QED) is 0.723. The Kier molecular flexibility index (Phi) is 3.05. The Morgan fingerprint density at radius 2 is 2.13 bits per heavy atom. The lowest BCUT2D eigenvalue weighted by Gasteiger charge is -2.27. The summed E-state index contributed by atoms with van der Waals surface area (Å²) in [6.45, 7) is 3.01. The van der Waals surface area contributed by atoms with Crippen LogP contribution in [0, 0.1) is 11.3 Å². The average Bonchev–Trinajstić information content (AvgIpc) is 2.31. The number of rotatable bonds is 1. The molecule has 1 saturated heterocycles. The van der Waals surface area contributed by atoms with Crippen molar-refractivity contribution >= 4 is 17.4 Å². The molecule has 78 valence electrons. The maximum absolute atomic E-state index is 8.80. The molecule has 1 aliphatic rings. The number of hydrogen-bond donors (Lipinski definition) is 0. The first kappa shape index (κ1) is 10.2. The SMILES string of the molecule is N#Cc1nc(N2CCOCC2)ccc1Cl. The van der Waals surface area contributed by atoms with Gasteiger partial charge in [0.05, 0.1) is 18.2 Å². The molecule has 1 fully saturated rings. The van der Waals surface area contributed by atoms with Gasteiger partial charge in [-0.05, 0) is 12.1 Å². The standard InChI is InChI=1S/C10H10ClN3O/c11-8-1-2-10(13-9(8)7-12)14-3-5-15-6-4-14/h1-2H,3-6H2. The van der Waals surface area contributed by atoms with E-state index in [4.69, 9.17) is 21.6 Å². The summed E-state index contributed by atoms with van der Waals surface area (Å²) in [5.74, 6) is 0.791. The van der Waals surface area contributed by atoms with E-state index in [1.54, 1.807) is 6.07 Å². The van der Waals surface area contributed by atoms with Gasteiger partial charge in [0.15, 0.2) is 5.69 Å². The van der Waals surface area contributed by atoms with Gasteiger partial charge in [0, 0.05) is 13.1 Å². The summed E-state index contributed by atoms with van der Waals surface area (Å²) in [5.41, 5.74) is 0.278. The van der Waals surface area contributed by atoms with E-state index in [9.17, 15) is 0 Å². The van der Waals surface area contributed by atoms with Gasteiger partial charge in [-0.3, -0.25) is 0 Å². The first-order valence-corrected chi connectivity index (χ1v) is 5.08. The molecule has 4 nitrogen and oxygen atoms in total. The smallest absolute Gasteiger partial charge is 0.161 e. The number of morpholine rings is 1. The van der Waals surface area contributed by atoms with E-state index in [0.29, 0.717) is 18.2 Å². The number of nitriles is 1. The lowest BCUT2D eigenvalue weighted by molar-refractivity contribution is 0.122. The number of anilines is 1. The summed E-state index contributed by atoms with van der Waals surface area (Å²) in [6, 6.07) is 5.51. The number of pyridine rings is 1. The minimum atomic E-state index is 0.278. The summed E-state index contributed by atoms with van der Waals surface area (Å²) >= 11 is 5.81. The van der Waals surface area contributed by atoms with E-state index in [0.717, 1.165) is 18.9 Å². The number of halogens is 1. The molecule has 2 rings (SSSR count). The molecule has 0 spiro atoms. The minimum absolute atomic E-state index is 0.278. The van der Waals surface area contributed by atoms with Gasteiger partial charge < -0.3 is 9.64 Å². The van der Waals surface area contributed by atoms with Gasteiger partial charge in [0.1, 0.15) is 11.9 Å². The van der Waals surface area contributed by atoms with Crippen LogP contribution in [0.1, 0.15) is 5.69 Å². The van der Waals surface area contributed by atoms with E-state index in [-0.39, 0.29) is 5.69 Å². The van der Waals surface area contributed by atoms with E-state index in [2.05, 4.69) is 9.88 Å². The largest absolute Gasteiger partial charge is 0.378 e. The second-order valence-electron chi connectivity index (χ2n) is 3.21. The third-order valence-electron chi connectivity index (χ3n) is 2.27. The molecule has 0 saturated carbocycles. The van der Waals surface area contributed by atoms with E-state index < -0.39 is 0 Å². The van der Waals surface area contributed by atoms with Gasteiger partial charge in [-0.15, -0.1) is 0 Å². The van der Waals surface area contributed by atoms with Crippen LogP contribution >= 0.6 is 11.6 Å². The Morgan fingerprint density at radius 1 is 1.40 bits per heavy atom. The fourth-order valence-electron chi connectivity index (χ4n) is 1.48. The molecule has 0 aliphatic carbocycles. The van der Waals surface area contributed by atoms with Gasteiger partial charge in [-0.25, -0.2) is 4.98 Å². The molecule has 5 heteroatoms. The third-order valence-corrected chi connectivity index (χ3v) is 2.58. The summed E-state index contributed by atoms with van der Waals surface area (Å²) < 4.78 is 5.24. The molecule has 1 aromatic rings. The third kappa shape index (κ3) is 2.20. The molecule has 0 unspecified atom stereocenters. The molecule has 2 heterocycles. The Hall–Kier alpha value is -1.31. The van der Waals surface area contributed by atoms with E-state index >= 15 is 0 Å². The second-order valence-corrected chi connectivity index (χ2v) is 3.62. The van der Waals surface area contributed by atoms with Crippen molar-refractivity contribution in [2.45, 2.75) is 0 Å². The molecule has 1 aromatic heterocycles. The molecule has 0 N–H and O–H groups in total. The van der Waals surface area contributed by atoms with Crippen LogP contribution in [0.3, 0.4) is 0 Å². The van der Waals surface area contributed by atoms with Crippen molar-refractivity contribution in [2.24, 2.45) is 0 Å². The highest BCUT2D eigenvalue weighted by Gasteiger charge is 2.13. The van der Waals surface area contributed by atoms with Crippen LogP contribution < -0.4 is 4.90 Å². The molecular weight excluding hydrogens is 214 g/mol. The van der Waals surface area contributed by atoms with Gasteiger partial charge in [-0.2, -0.15) is 5.26 Å². The van der Waals surface area contributed by atoms with Crippen LogP contribution in [-0.2, 0) is 4.74 Å². The van der Waals surface area contributed by atoms with Crippen LogP contribution in [0.15, 0.2) is 12.1 Å².